The van der Waals surface area contributed by atoms with Gasteiger partial charge < -0.3 is 10.7 Å². The molecule has 1 amide bonds. The van der Waals surface area contributed by atoms with Gasteiger partial charge in [-0.2, -0.15) is 0 Å². The fourth-order valence-corrected chi connectivity index (χ4v) is 3.78. The average Bonchev–Trinajstić information content (AvgIpc) is 2.93. The van der Waals surface area contributed by atoms with E-state index in [2.05, 4.69) is 17.1 Å². The first-order valence-corrected chi connectivity index (χ1v) is 9.28. The molecule has 6 nitrogen and oxygen atoms in total. The molecular formula is C16H20ClN5OS. The van der Waals surface area contributed by atoms with E-state index >= 15 is 0 Å². The Morgan fingerprint density at radius 1 is 1.46 bits per heavy atom. The van der Waals surface area contributed by atoms with Gasteiger partial charge in [-0.25, -0.2) is 4.68 Å². The topological polar surface area (TPSA) is 77.0 Å². The van der Waals surface area contributed by atoms with Gasteiger partial charge in [0.2, 0.25) is 11.1 Å². The average molecular weight is 366 g/mol. The van der Waals surface area contributed by atoms with Crippen LogP contribution in [0, 0.1) is 5.92 Å². The number of benzene rings is 1. The van der Waals surface area contributed by atoms with Crippen LogP contribution in [0.2, 0.25) is 5.02 Å². The third-order valence-electron chi connectivity index (χ3n) is 4.08. The Morgan fingerprint density at radius 3 is 3.04 bits per heavy atom. The Bertz CT molecular complexity index is 735. The molecule has 2 N–H and O–H groups in total. The zero-order valence-electron chi connectivity index (χ0n) is 13.5. The molecular weight excluding hydrogens is 346 g/mol. The van der Waals surface area contributed by atoms with E-state index in [0.717, 1.165) is 25.1 Å². The maximum Gasteiger partial charge on any atom is 0.233 e. The van der Waals surface area contributed by atoms with Gasteiger partial charge in [-0.1, -0.05) is 42.4 Å². The minimum Gasteiger partial charge on any atom is -0.342 e. The summed E-state index contributed by atoms with van der Waals surface area (Å²) in [5, 5.41) is 9.33. The van der Waals surface area contributed by atoms with Crippen LogP contribution in [0.1, 0.15) is 19.8 Å². The Labute approximate surface area is 150 Å². The van der Waals surface area contributed by atoms with Crippen LogP contribution >= 0.6 is 23.4 Å². The Balaban J connectivity index is 1.65. The van der Waals surface area contributed by atoms with E-state index in [-0.39, 0.29) is 5.91 Å². The molecule has 1 aliphatic rings. The highest BCUT2D eigenvalue weighted by Crippen LogP contribution is 2.24. The molecule has 0 unspecified atom stereocenters. The van der Waals surface area contributed by atoms with E-state index in [0.29, 0.717) is 27.7 Å². The van der Waals surface area contributed by atoms with Gasteiger partial charge in [-0.15, -0.1) is 10.2 Å². The van der Waals surface area contributed by atoms with Crippen LogP contribution in [-0.4, -0.2) is 44.5 Å². The van der Waals surface area contributed by atoms with Gasteiger partial charge in [0.25, 0.3) is 0 Å². The standard InChI is InChI=1S/C16H20ClN5OS/c1-11-4-3-7-21(9-11)14(23)10-24-16-20-19-15(22(16)18)12-5-2-6-13(17)8-12/h2,5-6,8,11H,3-4,7,9-10,18H2,1H3/t11-/m1/s1. The summed E-state index contributed by atoms with van der Waals surface area (Å²) in [6.45, 7) is 3.86. The van der Waals surface area contributed by atoms with E-state index in [9.17, 15) is 4.79 Å². The highest BCUT2D eigenvalue weighted by Gasteiger charge is 2.22. The number of carbonyl (C=O) groups excluding carboxylic acids is 1. The van der Waals surface area contributed by atoms with Gasteiger partial charge in [-0.3, -0.25) is 4.79 Å². The first kappa shape index (κ1) is 17.1. The zero-order valence-corrected chi connectivity index (χ0v) is 15.1. The van der Waals surface area contributed by atoms with Crippen molar-refractivity contribution in [2.24, 2.45) is 5.92 Å². The van der Waals surface area contributed by atoms with Crippen LogP contribution < -0.4 is 5.84 Å². The second kappa shape index (κ2) is 7.44. The minimum atomic E-state index is 0.124. The Hall–Kier alpha value is -1.73. The minimum absolute atomic E-state index is 0.124. The van der Waals surface area contributed by atoms with E-state index < -0.39 is 0 Å². The summed E-state index contributed by atoms with van der Waals surface area (Å²) in [5.41, 5.74) is 0.792. The van der Waals surface area contributed by atoms with Crippen molar-refractivity contribution in [2.75, 3.05) is 24.7 Å². The molecule has 0 aliphatic carbocycles. The lowest BCUT2D eigenvalue weighted by atomic mass is 10.0. The Kier molecular flexibility index (Phi) is 5.30. The van der Waals surface area contributed by atoms with Crippen LogP contribution in [0.15, 0.2) is 29.4 Å². The van der Waals surface area contributed by atoms with Crippen LogP contribution in [-0.2, 0) is 4.79 Å². The molecule has 0 saturated carbocycles. The number of aromatic nitrogens is 3. The molecule has 3 rings (SSSR count). The van der Waals surface area contributed by atoms with Gasteiger partial charge in [0.15, 0.2) is 5.82 Å². The quantitative estimate of drug-likeness (QED) is 0.665. The molecule has 8 heteroatoms. The van der Waals surface area contributed by atoms with Gasteiger partial charge in [0, 0.05) is 23.7 Å². The predicted octanol–water partition coefficient (Wildman–Crippen LogP) is 2.66. The molecule has 2 aromatic rings. The molecule has 0 radical (unpaired) electrons. The van der Waals surface area contributed by atoms with E-state index in [4.69, 9.17) is 17.4 Å². The molecule has 1 atom stereocenters. The molecule has 1 aliphatic heterocycles. The molecule has 1 aromatic heterocycles. The summed E-state index contributed by atoms with van der Waals surface area (Å²) < 4.78 is 1.41. The number of nitrogens with two attached hydrogens (primary N) is 1. The first-order chi connectivity index (χ1) is 11.5. The molecule has 1 aromatic carbocycles. The first-order valence-electron chi connectivity index (χ1n) is 7.91. The summed E-state index contributed by atoms with van der Waals surface area (Å²) in [6, 6.07) is 7.27. The molecule has 2 heterocycles. The molecule has 0 spiro atoms. The number of piperidine rings is 1. The predicted molar refractivity (Wildman–Crippen MR) is 96.3 cm³/mol. The summed E-state index contributed by atoms with van der Waals surface area (Å²) in [4.78, 5) is 14.3. The molecule has 1 fully saturated rings. The van der Waals surface area contributed by atoms with Gasteiger partial charge in [-0.05, 0) is 30.9 Å². The second-order valence-electron chi connectivity index (χ2n) is 6.06. The lowest BCUT2D eigenvalue weighted by Crippen LogP contribution is -2.40. The van der Waals surface area contributed by atoms with Crippen molar-refractivity contribution in [3.63, 3.8) is 0 Å². The lowest BCUT2D eigenvalue weighted by molar-refractivity contribution is -0.130. The highest BCUT2D eigenvalue weighted by molar-refractivity contribution is 7.99. The summed E-state index contributed by atoms with van der Waals surface area (Å²) in [6.07, 6.45) is 2.26. The van der Waals surface area contributed by atoms with Crippen LogP contribution in [0.25, 0.3) is 11.4 Å². The van der Waals surface area contributed by atoms with Gasteiger partial charge in [0.05, 0.1) is 5.75 Å². The van der Waals surface area contributed by atoms with Crippen molar-refractivity contribution in [1.29, 1.82) is 0 Å². The van der Waals surface area contributed by atoms with Crippen LogP contribution in [0.4, 0.5) is 0 Å². The van der Waals surface area contributed by atoms with Crippen LogP contribution in [0.5, 0.6) is 0 Å². The van der Waals surface area contributed by atoms with Gasteiger partial charge >= 0.3 is 0 Å². The summed E-state index contributed by atoms with van der Waals surface area (Å²) >= 11 is 7.31. The third-order valence-corrected chi connectivity index (χ3v) is 5.24. The largest absolute Gasteiger partial charge is 0.342 e. The van der Waals surface area contributed by atoms with Crippen molar-refractivity contribution in [1.82, 2.24) is 19.8 Å². The molecule has 0 bridgehead atoms. The molecule has 24 heavy (non-hydrogen) atoms. The van der Waals surface area contributed by atoms with Crippen molar-refractivity contribution in [3.8, 4) is 11.4 Å². The van der Waals surface area contributed by atoms with Crippen molar-refractivity contribution in [2.45, 2.75) is 24.9 Å². The molecule has 1 saturated heterocycles. The van der Waals surface area contributed by atoms with E-state index in [1.807, 2.05) is 17.0 Å². The molecule has 128 valence electrons. The van der Waals surface area contributed by atoms with E-state index in [1.54, 1.807) is 12.1 Å². The number of carbonyl (C=O) groups is 1. The number of hydrogen-bond donors (Lipinski definition) is 1. The maximum atomic E-state index is 12.3. The third kappa shape index (κ3) is 3.84. The number of rotatable bonds is 4. The number of hydrogen-bond acceptors (Lipinski definition) is 5. The Morgan fingerprint density at radius 2 is 2.29 bits per heavy atom. The number of nitrogen functional groups attached to an aromatic ring is 1. The summed E-state index contributed by atoms with van der Waals surface area (Å²) in [5.74, 6) is 7.61. The maximum absolute atomic E-state index is 12.3. The SMILES string of the molecule is C[C@@H]1CCCN(C(=O)CSc2nnc(-c3cccc(Cl)c3)n2N)C1. The summed E-state index contributed by atoms with van der Waals surface area (Å²) in [7, 11) is 0. The van der Waals surface area contributed by atoms with E-state index in [1.165, 1.54) is 22.9 Å². The van der Waals surface area contributed by atoms with Gasteiger partial charge in [0.1, 0.15) is 0 Å². The van der Waals surface area contributed by atoms with Crippen molar-refractivity contribution < 1.29 is 4.79 Å². The number of halogens is 1. The van der Waals surface area contributed by atoms with Crippen molar-refractivity contribution >= 4 is 29.3 Å². The zero-order chi connectivity index (χ0) is 17.1. The fourth-order valence-electron chi connectivity index (χ4n) is 2.83. The smallest absolute Gasteiger partial charge is 0.233 e. The lowest BCUT2D eigenvalue weighted by Gasteiger charge is -2.30. The second-order valence-corrected chi connectivity index (χ2v) is 7.44. The fraction of sp³-hybridized carbons (Fsp3) is 0.438. The normalized spacial score (nSPS) is 17.9. The number of likely N-dealkylation sites (tertiary alicyclic amines) is 1. The number of thioether (sulfide) groups is 1. The van der Waals surface area contributed by atoms with Crippen molar-refractivity contribution in [3.05, 3.63) is 29.3 Å². The monoisotopic (exact) mass is 365 g/mol. The van der Waals surface area contributed by atoms with Crippen LogP contribution in [0.3, 0.4) is 0 Å². The number of nitrogens with zero attached hydrogens (tertiary/aromatic N) is 4. The number of amides is 1. The highest BCUT2D eigenvalue weighted by atomic mass is 35.5.